The Morgan fingerprint density at radius 2 is 2.05 bits per heavy atom. The summed E-state index contributed by atoms with van der Waals surface area (Å²) in [6, 6.07) is 9.24. The van der Waals surface area contributed by atoms with Crippen molar-refractivity contribution in [3.8, 4) is 11.8 Å². The topological polar surface area (TPSA) is 57.9 Å². The number of ether oxygens (including phenoxy) is 1. The lowest BCUT2D eigenvalue weighted by Crippen LogP contribution is -1.95. The fourth-order valence-corrected chi connectivity index (χ4v) is 2.76. The second-order valence-electron chi connectivity index (χ2n) is 3.63. The van der Waals surface area contributed by atoms with Gasteiger partial charge in [-0.25, -0.2) is 4.98 Å². The molecule has 0 spiro atoms. The van der Waals surface area contributed by atoms with E-state index in [4.69, 9.17) is 10.00 Å². The Kier molecular flexibility index (Phi) is 4.40. The minimum Gasteiger partial charge on any atom is -0.495 e. The quantitative estimate of drug-likeness (QED) is 0.862. The molecule has 0 aliphatic rings. The van der Waals surface area contributed by atoms with Gasteiger partial charge in [-0.1, -0.05) is 0 Å². The molecule has 0 saturated carbocycles. The Bertz CT molecular complexity index is 653. The first-order chi connectivity index (χ1) is 9.13. The Morgan fingerprint density at radius 1 is 1.26 bits per heavy atom. The van der Waals surface area contributed by atoms with Gasteiger partial charge in [0.15, 0.2) is 0 Å². The Hall–Kier alpha value is -1.58. The number of nitrogens with zero attached hydrogens (tertiary/aromatic N) is 2. The van der Waals surface area contributed by atoms with Gasteiger partial charge in [-0.2, -0.15) is 5.26 Å². The molecule has 0 fully saturated rings. The van der Waals surface area contributed by atoms with E-state index in [1.807, 2.05) is 18.2 Å². The molecular formula is C13H9Br2N3O. The number of halogens is 2. The van der Waals surface area contributed by atoms with Crippen LogP contribution < -0.4 is 10.1 Å². The SMILES string of the molecule is COc1cc(Nc2ccnc(C#N)c2)c(Br)cc1Br. The zero-order valence-corrected chi connectivity index (χ0v) is 13.1. The summed E-state index contributed by atoms with van der Waals surface area (Å²) in [6.45, 7) is 0. The summed E-state index contributed by atoms with van der Waals surface area (Å²) in [5.41, 5.74) is 2.00. The molecule has 1 aromatic heterocycles. The highest BCUT2D eigenvalue weighted by Gasteiger charge is 2.07. The molecular weight excluding hydrogens is 374 g/mol. The largest absolute Gasteiger partial charge is 0.495 e. The zero-order valence-electron chi connectivity index (χ0n) is 9.95. The van der Waals surface area contributed by atoms with Crippen LogP contribution in [0.2, 0.25) is 0 Å². The van der Waals surface area contributed by atoms with Gasteiger partial charge in [-0.05, 0) is 50.1 Å². The molecule has 2 rings (SSSR count). The molecule has 0 aliphatic heterocycles. The van der Waals surface area contributed by atoms with Crippen molar-refractivity contribution in [1.82, 2.24) is 4.98 Å². The molecule has 0 atom stereocenters. The summed E-state index contributed by atoms with van der Waals surface area (Å²) in [5.74, 6) is 0.722. The van der Waals surface area contributed by atoms with Crippen molar-refractivity contribution in [3.05, 3.63) is 45.1 Å². The Morgan fingerprint density at radius 3 is 2.74 bits per heavy atom. The van der Waals surface area contributed by atoms with E-state index in [0.717, 1.165) is 26.1 Å². The van der Waals surface area contributed by atoms with Gasteiger partial charge in [0.1, 0.15) is 17.5 Å². The van der Waals surface area contributed by atoms with E-state index in [0.29, 0.717) is 5.69 Å². The number of hydrogen-bond acceptors (Lipinski definition) is 4. The minimum absolute atomic E-state index is 0.366. The summed E-state index contributed by atoms with van der Waals surface area (Å²) < 4.78 is 7.00. The smallest absolute Gasteiger partial charge is 0.142 e. The first-order valence-corrected chi connectivity index (χ1v) is 6.89. The summed E-state index contributed by atoms with van der Waals surface area (Å²) in [6.07, 6.45) is 1.59. The average molecular weight is 383 g/mol. The monoisotopic (exact) mass is 381 g/mol. The van der Waals surface area contributed by atoms with E-state index in [9.17, 15) is 0 Å². The number of methoxy groups -OCH3 is 1. The molecule has 0 amide bonds. The van der Waals surface area contributed by atoms with Gasteiger partial charge in [-0.3, -0.25) is 0 Å². The molecule has 1 N–H and O–H groups in total. The van der Waals surface area contributed by atoms with Crippen LogP contribution in [0.15, 0.2) is 39.4 Å². The second-order valence-corrected chi connectivity index (χ2v) is 5.34. The highest BCUT2D eigenvalue weighted by Crippen LogP contribution is 2.35. The van der Waals surface area contributed by atoms with E-state index >= 15 is 0 Å². The van der Waals surface area contributed by atoms with Crippen molar-refractivity contribution in [2.24, 2.45) is 0 Å². The van der Waals surface area contributed by atoms with Crippen LogP contribution >= 0.6 is 31.9 Å². The molecule has 6 heteroatoms. The molecule has 0 unspecified atom stereocenters. The summed E-state index contributed by atoms with van der Waals surface area (Å²) in [7, 11) is 1.61. The van der Waals surface area contributed by atoms with Crippen LogP contribution in [0.4, 0.5) is 11.4 Å². The maximum atomic E-state index is 8.83. The third-order valence-corrected chi connectivity index (χ3v) is 3.67. The molecule has 0 radical (unpaired) electrons. The number of rotatable bonds is 3. The van der Waals surface area contributed by atoms with Gasteiger partial charge in [0.25, 0.3) is 0 Å². The van der Waals surface area contributed by atoms with E-state index in [2.05, 4.69) is 42.2 Å². The number of nitrogens with one attached hydrogen (secondary N) is 1. The van der Waals surface area contributed by atoms with Gasteiger partial charge in [0.2, 0.25) is 0 Å². The van der Waals surface area contributed by atoms with Gasteiger partial charge in [0, 0.05) is 22.4 Å². The summed E-state index contributed by atoms with van der Waals surface area (Å²) in [4.78, 5) is 3.92. The predicted octanol–water partition coefficient (Wildman–Crippen LogP) is 4.23. The molecule has 1 heterocycles. The number of pyridine rings is 1. The van der Waals surface area contributed by atoms with Gasteiger partial charge >= 0.3 is 0 Å². The third kappa shape index (κ3) is 3.25. The molecule has 1 aromatic carbocycles. The lowest BCUT2D eigenvalue weighted by Gasteiger charge is -2.11. The van der Waals surface area contributed by atoms with Crippen LogP contribution in [0, 0.1) is 11.3 Å². The van der Waals surface area contributed by atoms with Gasteiger partial charge in [0.05, 0.1) is 17.3 Å². The molecule has 19 heavy (non-hydrogen) atoms. The van der Waals surface area contributed by atoms with Crippen molar-refractivity contribution in [2.75, 3.05) is 12.4 Å². The fourth-order valence-electron chi connectivity index (χ4n) is 1.51. The van der Waals surface area contributed by atoms with E-state index in [-0.39, 0.29) is 0 Å². The maximum absolute atomic E-state index is 8.83. The van der Waals surface area contributed by atoms with Crippen LogP contribution in [0.3, 0.4) is 0 Å². The molecule has 0 aliphatic carbocycles. The van der Waals surface area contributed by atoms with Crippen LogP contribution in [-0.4, -0.2) is 12.1 Å². The first-order valence-electron chi connectivity index (χ1n) is 5.30. The third-order valence-electron chi connectivity index (χ3n) is 2.39. The predicted molar refractivity (Wildman–Crippen MR) is 80.6 cm³/mol. The number of anilines is 2. The fraction of sp³-hybridized carbons (Fsp3) is 0.0769. The standard InChI is InChI=1S/C13H9Br2N3O/c1-19-13-6-12(10(14)5-11(13)15)18-8-2-3-17-9(4-8)7-16/h2-6H,1H3,(H,17,18). The van der Waals surface area contributed by atoms with Crippen molar-refractivity contribution < 1.29 is 4.74 Å². The van der Waals surface area contributed by atoms with Crippen LogP contribution in [0.1, 0.15) is 5.69 Å². The molecule has 4 nitrogen and oxygen atoms in total. The van der Waals surface area contributed by atoms with Crippen LogP contribution in [0.25, 0.3) is 0 Å². The van der Waals surface area contributed by atoms with Crippen LogP contribution in [0.5, 0.6) is 5.75 Å². The number of nitriles is 1. The number of aromatic nitrogens is 1. The molecule has 96 valence electrons. The maximum Gasteiger partial charge on any atom is 0.142 e. The van der Waals surface area contributed by atoms with Crippen molar-refractivity contribution >= 4 is 43.2 Å². The highest BCUT2D eigenvalue weighted by atomic mass is 79.9. The van der Waals surface area contributed by atoms with E-state index in [1.54, 1.807) is 25.4 Å². The zero-order chi connectivity index (χ0) is 13.8. The Labute approximate surface area is 127 Å². The van der Waals surface area contributed by atoms with Gasteiger partial charge in [-0.15, -0.1) is 0 Å². The lowest BCUT2D eigenvalue weighted by atomic mass is 10.2. The minimum atomic E-state index is 0.366. The number of hydrogen-bond donors (Lipinski definition) is 1. The van der Waals surface area contributed by atoms with E-state index < -0.39 is 0 Å². The number of benzene rings is 1. The van der Waals surface area contributed by atoms with Crippen molar-refractivity contribution in [3.63, 3.8) is 0 Å². The first kappa shape index (κ1) is 13.8. The van der Waals surface area contributed by atoms with Crippen molar-refractivity contribution in [1.29, 1.82) is 5.26 Å². The van der Waals surface area contributed by atoms with Crippen LogP contribution in [-0.2, 0) is 0 Å². The average Bonchev–Trinajstić information content (AvgIpc) is 2.42. The second kappa shape index (κ2) is 6.04. The lowest BCUT2D eigenvalue weighted by molar-refractivity contribution is 0.412. The van der Waals surface area contributed by atoms with Gasteiger partial charge < -0.3 is 10.1 Å². The molecule has 0 bridgehead atoms. The Balaban J connectivity index is 2.35. The van der Waals surface area contributed by atoms with Crippen molar-refractivity contribution in [2.45, 2.75) is 0 Å². The summed E-state index contributed by atoms with van der Waals surface area (Å²) >= 11 is 6.89. The molecule has 2 aromatic rings. The summed E-state index contributed by atoms with van der Waals surface area (Å²) in [5, 5.41) is 12.0. The molecule has 0 saturated heterocycles. The normalized spacial score (nSPS) is 9.79. The highest BCUT2D eigenvalue weighted by molar-refractivity contribution is 9.11. The van der Waals surface area contributed by atoms with E-state index in [1.165, 1.54) is 0 Å².